The summed E-state index contributed by atoms with van der Waals surface area (Å²) in [7, 11) is 0. The molecule has 3 N–H and O–H groups in total. The molecule has 1 aromatic heterocycles. The maximum Gasteiger partial charge on any atom is 0.275 e. The lowest BCUT2D eigenvalue weighted by Crippen LogP contribution is -2.13. The summed E-state index contributed by atoms with van der Waals surface area (Å²) in [5, 5.41) is 5.35. The number of hydrogen-bond donors (Lipinski definition) is 2. The number of nitrogens with zero attached hydrogens (tertiary/aromatic N) is 1. The van der Waals surface area contributed by atoms with Crippen molar-refractivity contribution < 1.29 is 4.79 Å². The zero-order valence-corrected chi connectivity index (χ0v) is 12.5. The highest BCUT2D eigenvalue weighted by Gasteiger charge is 2.12. The van der Waals surface area contributed by atoms with Gasteiger partial charge in [0.05, 0.1) is 6.04 Å². The van der Waals surface area contributed by atoms with Gasteiger partial charge in [-0.15, -0.1) is 11.3 Å². The van der Waals surface area contributed by atoms with E-state index in [1.807, 2.05) is 31.2 Å². The smallest absolute Gasteiger partial charge is 0.275 e. The molecule has 2 aromatic rings. The molecule has 0 saturated carbocycles. The molecule has 0 fully saturated rings. The number of carbonyl (C=O) groups excluding carboxylic acids is 1. The molecule has 2 rings (SSSR count). The highest BCUT2D eigenvalue weighted by Crippen LogP contribution is 2.17. The van der Waals surface area contributed by atoms with Gasteiger partial charge in [0.15, 0.2) is 0 Å². The maximum atomic E-state index is 12.1. The number of nitrogens with one attached hydrogen (secondary N) is 1. The van der Waals surface area contributed by atoms with Crippen LogP contribution in [0.4, 0.5) is 5.69 Å². The number of hydrogen-bond acceptors (Lipinski definition) is 4. The van der Waals surface area contributed by atoms with Gasteiger partial charge in [-0.05, 0) is 31.0 Å². The molecule has 1 aromatic carbocycles. The summed E-state index contributed by atoms with van der Waals surface area (Å²) in [5.74, 6) is -0.198. The van der Waals surface area contributed by atoms with Gasteiger partial charge in [-0.2, -0.15) is 0 Å². The summed E-state index contributed by atoms with van der Waals surface area (Å²) in [4.78, 5) is 16.3. The number of benzene rings is 1. The fraction of sp³-hybridized carbons (Fsp3) is 0.333. The van der Waals surface area contributed by atoms with Crippen LogP contribution in [-0.2, 0) is 6.42 Å². The van der Waals surface area contributed by atoms with Crippen LogP contribution < -0.4 is 11.1 Å². The lowest BCUT2D eigenvalue weighted by Gasteiger charge is -2.05. The van der Waals surface area contributed by atoms with E-state index in [9.17, 15) is 4.79 Å². The molecule has 1 unspecified atom stereocenters. The Balaban J connectivity index is 2.03. The average Bonchev–Trinajstić information content (AvgIpc) is 2.91. The average molecular weight is 289 g/mol. The minimum atomic E-state index is -0.198. The first-order chi connectivity index (χ1) is 9.60. The number of aryl methyl sites for hydroxylation is 1. The van der Waals surface area contributed by atoms with Gasteiger partial charge in [-0.1, -0.05) is 25.5 Å². The predicted octanol–water partition coefficient (Wildman–Crippen LogP) is 3.37. The van der Waals surface area contributed by atoms with Crippen LogP contribution in [0.15, 0.2) is 29.6 Å². The monoisotopic (exact) mass is 289 g/mol. The normalized spacial score (nSPS) is 12.2. The fourth-order valence-corrected chi connectivity index (χ4v) is 2.60. The van der Waals surface area contributed by atoms with Gasteiger partial charge in [0.25, 0.3) is 5.91 Å². The van der Waals surface area contributed by atoms with Crippen LogP contribution in [0, 0.1) is 0 Å². The third-order valence-corrected chi connectivity index (χ3v) is 3.94. The molecular weight excluding hydrogens is 270 g/mol. The van der Waals surface area contributed by atoms with Gasteiger partial charge in [0, 0.05) is 11.1 Å². The number of carbonyl (C=O) groups is 1. The molecule has 4 nitrogen and oxygen atoms in total. The van der Waals surface area contributed by atoms with E-state index in [4.69, 9.17) is 5.73 Å². The van der Waals surface area contributed by atoms with E-state index >= 15 is 0 Å². The number of aromatic nitrogens is 1. The molecule has 0 aliphatic carbocycles. The molecule has 5 heteroatoms. The zero-order valence-electron chi connectivity index (χ0n) is 11.7. The van der Waals surface area contributed by atoms with Crippen molar-refractivity contribution in [1.29, 1.82) is 0 Å². The molecule has 0 radical (unpaired) electrons. The Labute approximate surface area is 123 Å². The lowest BCUT2D eigenvalue weighted by atomic mass is 10.1. The third kappa shape index (κ3) is 3.65. The summed E-state index contributed by atoms with van der Waals surface area (Å²) >= 11 is 1.41. The van der Waals surface area contributed by atoms with E-state index in [1.165, 1.54) is 16.9 Å². The molecule has 0 saturated heterocycles. The van der Waals surface area contributed by atoms with Gasteiger partial charge >= 0.3 is 0 Å². The minimum Gasteiger partial charge on any atom is -0.322 e. The van der Waals surface area contributed by atoms with Gasteiger partial charge in [-0.3, -0.25) is 4.79 Å². The molecule has 20 heavy (non-hydrogen) atoms. The van der Waals surface area contributed by atoms with E-state index in [2.05, 4.69) is 17.2 Å². The van der Waals surface area contributed by atoms with Crippen molar-refractivity contribution in [1.82, 2.24) is 4.98 Å². The number of rotatable bonds is 5. The van der Waals surface area contributed by atoms with Crippen molar-refractivity contribution in [2.75, 3.05) is 5.32 Å². The summed E-state index contributed by atoms with van der Waals surface area (Å²) in [6.07, 6.45) is 2.17. The Morgan fingerprint density at radius 1 is 1.40 bits per heavy atom. The van der Waals surface area contributed by atoms with Crippen molar-refractivity contribution in [3.05, 3.63) is 45.9 Å². The molecule has 1 heterocycles. The van der Waals surface area contributed by atoms with Crippen molar-refractivity contribution in [2.24, 2.45) is 5.73 Å². The largest absolute Gasteiger partial charge is 0.322 e. The summed E-state index contributed by atoms with van der Waals surface area (Å²) in [6.45, 7) is 4.00. The van der Waals surface area contributed by atoms with Crippen LogP contribution in [-0.4, -0.2) is 10.9 Å². The second-order valence-electron chi connectivity index (χ2n) is 4.76. The van der Waals surface area contributed by atoms with E-state index < -0.39 is 0 Å². The molecule has 106 valence electrons. The number of thiazole rings is 1. The van der Waals surface area contributed by atoms with Crippen LogP contribution in [0.1, 0.15) is 47.4 Å². The summed E-state index contributed by atoms with van der Waals surface area (Å²) in [5.41, 5.74) is 8.22. The maximum absolute atomic E-state index is 12.1. The van der Waals surface area contributed by atoms with Crippen LogP contribution in [0.25, 0.3) is 0 Å². The topological polar surface area (TPSA) is 68.0 Å². The number of amides is 1. The van der Waals surface area contributed by atoms with Crippen LogP contribution in [0.2, 0.25) is 0 Å². The molecule has 0 spiro atoms. The number of anilines is 1. The summed E-state index contributed by atoms with van der Waals surface area (Å²) in [6, 6.07) is 7.76. The molecule has 0 aliphatic heterocycles. The van der Waals surface area contributed by atoms with Gasteiger partial charge in [0.1, 0.15) is 10.7 Å². The van der Waals surface area contributed by atoms with Crippen LogP contribution in [0.5, 0.6) is 0 Å². The van der Waals surface area contributed by atoms with Crippen molar-refractivity contribution in [3.63, 3.8) is 0 Å². The Morgan fingerprint density at radius 2 is 2.10 bits per heavy atom. The van der Waals surface area contributed by atoms with Gasteiger partial charge in [0.2, 0.25) is 0 Å². The van der Waals surface area contributed by atoms with E-state index in [0.717, 1.165) is 23.5 Å². The predicted molar refractivity (Wildman–Crippen MR) is 83.1 cm³/mol. The van der Waals surface area contributed by atoms with Crippen molar-refractivity contribution in [2.45, 2.75) is 32.7 Å². The SMILES string of the molecule is CCCc1ccc(NC(=O)c2csc(C(C)N)n2)cc1. The van der Waals surface area contributed by atoms with Crippen molar-refractivity contribution >= 4 is 22.9 Å². The van der Waals surface area contributed by atoms with Gasteiger partial charge < -0.3 is 11.1 Å². The van der Waals surface area contributed by atoms with Gasteiger partial charge in [-0.25, -0.2) is 4.98 Å². The minimum absolute atomic E-state index is 0.144. The second-order valence-corrected chi connectivity index (χ2v) is 5.65. The Hall–Kier alpha value is -1.72. The highest BCUT2D eigenvalue weighted by molar-refractivity contribution is 7.09. The lowest BCUT2D eigenvalue weighted by molar-refractivity contribution is 0.102. The molecular formula is C15H19N3OS. The molecule has 0 bridgehead atoms. The van der Waals surface area contributed by atoms with Crippen molar-refractivity contribution in [3.8, 4) is 0 Å². The molecule has 1 atom stereocenters. The van der Waals surface area contributed by atoms with E-state index in [1.54, 1.807) is 5.38 Å². The van der Waals surface area contributed by atoms with Crippen LogP contribution in [0.3, 0.4) is 0 Å². The second kappa shape index (κ2) is 6.63. The first-order valence-corrected chi connectivity index (χ1v) is 7.59. The summed E-state index contributed by atoms with van der Waals surface area (Å²) < 4.78 is 0. The Kier molecular flexibility index (Phi) is 4.87. The fourth-order valence-electron chi connectivity index (χ4n) is 1.84. The molecule has 1 amide bonds. The standard InChI is InChI=1S/C15H19N3OS/c1-3-4-11-5-7-12(8-6-11)17-14(19)13-9-20-15(18-13)10(2)16/h5-10H,3-4,16H2,1-2H3,(H,17,19). The first kappa shape index (κ1) is 14.7. The highest BCUT2D eigenvalue weighted by atomic mass is 32.1. The zero-order chi connectivity index (χ0) is 14.5. The molecule has 0 aliphatic rings. The Morgan fingerprint density at radius 3 is 2.65 bits per heavy atom. The first-order valence-electron chi connectivity index (χ1n) is 6.71. The quantitative estimate of drug-likeness (QED) is 0.886. The van der Waals surface area contributed by atoms with E-state index in [0.29, 0.717) is 5.69 Å². The van der Waals surface area contributed by atoms with E-state index in [-0.39, 0.29) is 11.9 Å². The third-order valence-electron chi connectivity index (χ3n) is 2.89. The Bertz CT molecular complexity index is 575. The number of nitrogens with two attached hydrogens (primary N) is 1. The van der Waals surface area contributed by atoms with Crippen LogP contribution >= 0.6 is 11.3 Å².